The molecule has 1 heterocycles. The first kappa shape index (κ1) is 23.8. The van der Waals surface area contributed by atoms with Gasteiger partial charge in [0.25, 0.3) is 5.91 Å². The molecule has 3 aromatic rings. The molecule has 0 aromatic heterocycles. The maximum Gasteiger partial charge on any atom is 0.253 e. The Morgan fingerprint density at radius 2 is 1.53 bits per heavy atom. The van der Waals surface area contributed by atoms with Gasteiger partial charge in [0.1, 0.15) is 0 Å². The topological polar surface area (TPSA) is 60.9 Å². The highest BCUT2D eigenvalue weighted by atomic mass is 32.2. The van der Waals surface area contributed by atoms with Crippen molar-refractivity contribution in [1.82, 2.24) is 4.90 Å². The van der Waals surface area contributed by atoms with Crippen molar-refractivity contribution in [2.24, 2.45) is 0 Å². The summed E-state index contributed by atoms with van der Waals surface area (Å²) in [5.74, 6) is 0.00811. The number of hydrogen-bond acceptors (Lipinski definition) is 4. The molecule has 0 saturated carbocycles. The zero-order valence-corrected chi connectivity index (χ0v) is 20.8. The third kappa shape index (κ3) is 5.42. The average Bonchev–Trinajstić information content (AvgIpc) is 2.84. The van der Waals surface area contributed by atoms with Crippen LogP contribution in [-0.2, 0) is 16.6 Å². The molecule has 3 aromatic carbocycles. The maximum atomic E-state index is 13.0. The van der Waals surface area contributed by atoms with E-state index in [2.05, 4.69) is 17.0 Å². The van der Waals surface area contributed by atoms with Crippen LogP contribution in [0.4, 0.5) is 11.4 Å². The number of anilines is 2. The first-order valence-corrected chi connectivity index (χ1v) is 13.3. The van der Waals surface area contributed by atoms with Gasteiger partial charge in [0.05, 0.1) is 18.5 Å². The van der Waals surface area contributed by atoms with Crippen molar-refractivity contribution >= 4 is 27.3 Å². The molecular weight excluding hydrogens is 446 g/mol. The van der Waals surface area contributed by atoms with E-state index in [1.165, 1.54) is 16.2 Å². The van der Waals surface area contributed by atoms with Gasteiger partial charge in [-0.1, -0.05) is 42.5 Å². The minimum atomic E-state index is -3.47. The van der Waals surface area contributed by atoms with Crippen LogP contribution in [0.15, 0.2) is 72.8 Å². The van der Waals surface area contributed by atoms with Gasteiger partial charge in [0, 0.05) is 37.4 Å². The standard InChI is InChI=1S/C27H31N3O3S/c1-21-9-10-22(2)26(19-21)30(34(3,32)33)20-23-11-13-24(14-12-23)27(31)29-17-15-28(16-18-29)25-7-5-4-6-8-25/h4-14,19H,15-18,20H2,1-3H3. The highest BCUT2D eigenvalue weighted by Gasteiger charge is 2.23. The summed E-state index contributed by atoms with van der Waals surface area (Å²) in [6, 6.07) is 23.3. The van der Waals surface area contributed by atoms with Crippen LogP contribution in [0.5, 0.6) is 0 Å². The molecule has 1 aliphatic heterocycles. The number of hydrogen-bond donors (Lipinski definition) is 0. The summed E-state index contributed by atoms with van der Waals surface area (Å²) < 4.78 is 26.6. The summed E-state index contributed by atoms with van der Waals surface area (Å²) in [6.45, 7) is 7.01. The normalized spacial score (nSPS) is 14.2. The zero-order chi connectivity index (χ0) is 24.3. The van der Waals surface area contributed by atoms with Gasteiger partial charge in [-0.2, -0.15) is 0 Å². The number of benzene rings is 3. The molecule has 0 N–H and O–H groups in total. The van der Waals surface area contributed by atoms with E-state index in [-0.39, 0.29) is 12.5 Å². The summed E-state index contributed by atoms with van der Waals surface area (Å²) in [5.41, 5.74) is 5.21. The lowest BCUT2D eigenvalue weighted by Crippen LogP contribution is -2.48. The number of amides is 1. The molecule has 178 valence electrons. The second-order valence-corrected chi connectivity index (χ2v) is 10.8. The fourth-order valence-corrected chi connectivity index (χ4v) is 5.21. The molecule has 4 rings (SSSR count). The van der Waals surface area contributed by atoms with E-state index < -0.39 is 10.0 Å². The predicted octanol–water partition coefficient (Wildman–Crippen LogP) is 4.23. The van der Waals surface area contributed by atoms with Crippen LogP contribution in [0.3, 0.4) is 0 Å². The van der Waals surface area contributed by atoms with Crippen molar-refractivity contribution in [3.63, 3.8) is 0 Å². The monoisotopic (exact) mass is 477 g/mol. The Labute approximate surface area is 202 Å². The smallest absolute Gasteiger partial charge is 0.253 e. The van der Waals surface area contributed by atoms with Crippen molar-refractivity contribution in [2.45, 2.75) is 20.4 Å². The summed E-state index contributed by atoms with van der Waals surface area (Å²) >= 11 is 0. The minimum Gasteiger partial charge on any atom is -0.368 e. The number of rotatable bonds is 6. The first-order chi connectivity index (χ1) is 16.2. The number of carbonyl (C=O) groups excluding carboxylic acids is 1. The Balaban J connectivity index is 1.44. The van der Waals surface area contributed by atoms with Gasteiger partial charge in [-0.15, -0.1) is 0 Å². The van der Waals surface area contributed by atoms with Gasteiger partial charge >= 0.3 is 0 Å². The summed E-state index contributed by atoms with van der Waals surface area (Å²) in [6.07, 6.45) is 1.22. The van der Waals surface area contributed by atoms with E-state index in [4.69, 9.17) is 0 Å². The van der Waals surface area contributed by atoms with Gasteiger partial charge in [-0.25, -0.2) is 8.42 Å². The molecule has 1 saturated heterocycles. The highest BCUT2D eigenvalue weighted by molar-refractivity contribution is 7.92. The van der Waals surface area contributed by atoms with Crippen molar-refractivity contribution in [1.29, 1.82) is 0 Å². The van der Waals surface area contributed by atoms with Crippen molar-refractivity contribution in [2.75, 3.05) is 41.6 Å². The zero-order valence-electron chi connectivity index (χ0n) is 19.9. The van der Waals surface area contributed by atoms with Gasteiger partial charge in [-0.05, 0) is 60.9 Å². The summed E-state index contributed by atoms with van der Waals surface area (Å²) in [7, 11) is -3.47. The number of para-hydroxylation sites is 1. The van der Waals surface area contributed by atoms with E-state index in [0.29, 0.717) is 24.3 Å². The SMILES string of the molecule is Cc1ccc(C)c(N(Cc2ccc(C(=O)N3CCN(c4ccccc4)CC3)cc2)S(C)(=O)=O)c1. The number of sulfonamides is 1. The molecule has 0 radical (unpaired) electrons. The first-order valence-electron chi connectivity index (χ1n) is 11.5. The van der Waals surface area contributed by atoms with E-state index in [1.807, 2.05) is 67.3 Å². The van der Waals surface area contributed by atoms with E-state index >= 15 is 0 Å². The van der Waals surface area contributed by atoms with Gasteiger partial charge < -0.3 is 9.80 Å². The molecule has 1 amide bonds. The average molecular weight is 478 g/mol. The number of piperazine rings is 1. The lowest BCUT2D eigenvalue weighted by atomic mass is 10.1. The van der Waals surface area contributed by atoms with E-state index in [0.717, 1.165) is 29.8 Å². The molecule has 0 bridgehead atoms. The fraction of sp³-hybridized carbons (Fsp3) is 0.296. The van der Waals surface area contributed by atoms with Crippen LogP contribution < -0.4 is 9.21 Å². The van der Waals surface area contributed by atoms with Gasteiger partial charge in [0.15, 0.2) is 0 Å². The number of aryl methyl sites for hydroxylation is 2. The second-order valence-electron chi connectivity index (χ2n) is 8.87. The summed E-state index contributed by atoms with van der Waals surface area (Å²) in [5, 5.41) is 0. The lowest BCUT2D eigenvalue weighted by molar-refractivity contribution is 0.0746. The molecule has 0 aliphatic carbocycles. The van der Waals surface area contributed by atoms with Crippen LogP contribution in [-0.4, -0.2) is 51.7 Å². The minimum absolute atomic E-state index is 0.00811. The van der Waals surface area contributed by atoms with Crippen molar-refractivity contribution in [3.8, 4) is 0 Å². The molecule has 0 atom stereocenters. The van der Waals surface area contributed by atoms with Crippen LogP contribution in [0.2, 0.25) is 0 Å². The summed E-state index contributed by atoms with van der Waals surface area (Å²) in [4.78, 5) is 17.2. The molecule has 1 aliphatic rings. The third-order valence-corrected chi connectivity index (χ3v) is 7.38. The van der Waals surface area contributed by atoms with E-state index in [1.54, 1.807) is 12.1 Å². The molecular formula is C27H31N3O3S. The van der Waals surface area contributed by atoms with Crippen molar-refractivity contribution in [3.05, 3.63) is 95.1 Å². The Morgan fingerprint density at radius 3 is 2.15 bits per heavy atom. The quantitative estimate of drug-likeness (QED) is 0.533. The highest BCUT2D eigenvalue weighted by Crippen LogP contribution is 2.26. The van der Waals surface area contributed by atoms with Crippen LogP contribution >= 0.6 is 0 Å². The Kier molecular flexibility index (Phi) is 6.93. The molecule has 0 unspecified atom stereocenters. The molecule has 0 spiro atoms. The van der Waals surface area contributed by atoms with Gasteiger partial charge in [0.2, 0.25) is 10.0 Å². The fourth-order valence-electron chi connectivity index (χ4n) is 4.28. The van der Waals surface area contributed by atoms with Gasteiger partial charge in [-0.3, -0.25) is 9.10 Å². The predicted molar refractivity (Wildman–Crippen MR) is 138 cm³/mol. The molecule has 1 fully saturated rings. The largest absolute Gasteiger partial charge is 0.368 e. The van der Waals surface area contributed by atoms with Crippen LogP contribution in [0, 0.1) is 13.8 Å². The third-order valence-electron chi connectivity index (χ3n) is 6.25. The Hall–Kier alpha value is -3.32. The Bertz CT molecular complexity index is 1250. The molecule has 34 heavy (non-hydrogen) atoms. The number of nitrogens with zero attached hydrogens (tertiary/aromatic N) is 3. The molecule has 6 nitrogen and oxygen atoms in total. The number of carbonyl (C=O) groups is 1. The molecule has 7 heteroatoms. The van der Waals surface area contributed by atoms with Crippen molar-refractivity contribution < 1.29 is 13.2 Å². The lowest BCUT2D eigenvalue weighted by Gasteiger charge is -2.36. The Morgan fingerprint density at radius 1 is 0.882 bits per heavy atom. The van der Waals surface area contributed by atoms with Crippen LogP contribution in [0.25, 0.3) is 0 Å². The van der Waals surface area contributed by atoms with E-state index in [9.17, 15) is 13.2 Å². The maximum absolute atomic E-state index is 13.0. The second kappa shape index (κ2) is 9.89. The van der Waals surface area contributed by atoms with Crippen LogP contribution in [0.1, 0.15) is 27.0 Å².